The largest absolute Gasteiger partial charge is 0.399 e. The Labute approximate surface area is 130 Å². The monoisotopic (exact) mass is 372 g/mol. The first-order valence-corrected chi connectivity index (χ1v) is 7.86. The first-order valence-electron chi connectivity index (χ1n) is 5.75. The minimum absolute atomic E-state index is 0.0163. The molecule has 5 nitrogen and oxygen atoms in total. The molecular weight excluding hydrogens is 363 g/mol. The van der Waals surface area contributed by atoms with Gasteiger partial charge in [-0.1, -0.05) is 12.1 Å². The van der Waals surface area contributed by atoms with Crippen LogP contribution in [0.3, 0.4) is 0 Å². The van der Waals surface area contributed by atoms with Gasteiger partial charge in [0.2, 0.25) is 0 Å². The predicted octanol–water partition coefficient (Wildman–Crippen LogP) is 3.39. The normalized spacial score (nSPS) is 12.1. The maximum absolute atomic E-state index is 13.7. The van der Waals surface area contributed by atoms with E-state index >= 15 is 0 Å². The third kappa shape index (κ3) is 3.45. The van der Waals surface area contributed by atoms with Crippen LogP contribution in [0.4, 0.5) is 15.8 Å². The zero-order valence-electron chi connectivity index (χ0n) is 10.6. The summed E-state index contributed by atoms with van der Waals surface area (Å²) in [4.78, 5) is 10.3. The molecule has 0 bridgehead atoms. The summed E-state index contributed by atoms with van der Waals surface area (Å²) in [6.45, 7) is 0. The molecule has 0 aliphatic rings. The summed E-state index contributed by atoms with van der Waals surface area (Å²) >= 11 is 3.12. The van der Waals surface area contributed by atoms with Crippen molar-refractivity contribution in [3.8, 4) is 0 Å². The molecule has 0 saturated heterocycles. The molecule has 1 unspecified atom stereocenters. The van der Waals surface area contributed by atoms with E-state index in [9.17, 15) is 18.7 Å². The molecule has 0 spiro atoms. The zero-order chi connectivity index (χ0) is 15.6. The molecule has 0 aliphatic carbocycles. The number of nitrogens with two attached hydrogens (primary N) is 1. The Hall–Kier alpha value is -1.80. The highest BCUT2D eigenvalue weighted by molar-refractivity contribution is 9.10. The lowest BCUT2D eigenvalue weighted by Gasteiger charge is -2.07. The van der Waals surface area contributed by atoms with Gasteiger partial charge in [-0.25, -0.2) is 4.39 Å². The number of nitro groups is 1. The number of anilines is 1. The van der Waals surface area contributed by atoms with E-state index in [0.717, 1.165) is 6.07 Å². The molecule has 8 heteroatoms. The lowest BCUT2D eigenvalue weighted by atomic mass is 10.2. The molecule has 0 radical (unpaired) electrons. The summed E-state index contributed by atoms with van der Waals surface area (Å²) in [7, 11) is -1.67. The molecule has 0 fully saturated rings. The Kier molecular flexibility index (Phi) is 4.69. The predicted molar refractivity (Wildman–Crippen MR) is 81.7 cm³/mol. The molecule has 0 saturated carbocycles. The van der Waals surface area contributed by atoms with Gasteiger partial charge in [-0.2, -0.15) is 0 Å². The average molecular weight is 373 g/mol. The van der Waals surface area contributed by atoms with E-state index in [2.05, 4.69) is 15.9 Å². The topological polar surface area (TPSA) is 86.2 Å². The molecule has 110 valence electrons. The van der Waals surface area contributed by atoms with Gasteiger partial charge in [-0.05, 0) is 39.7 Å². The standard InChI is InChI=1S/C13H10BrFN2O3S/c14-13-8(2-1-3-11(13)17(18)19)7-21(20)12-5-4-9(16)6-10(12)15/h1-6H,7,16H2. The Morgan fingerprint density at radius 1 is 1.33 bits per heavy atom. The van der Waals surface area contributed by atoms with E-state index in [1.165, 1.54) is 24.3 Å². The Balaban J connectivity index is 2.32. The first-order chi connectivity index (χ1) is 9.90. The van der Waals surface area contributed by atoms with Gasteiger partial charge in [-0.3, -0.25) is 14.3 Å². The SMILES string of the molecule is Nc1ccc(S(=O)Cc2cccc([N+](=O)[O-])c2Br)c(F)c1. The Morgan fingerprint density at radius 3 is 2.67 bits per heavy atom. The van der Waals surface area contributed by atoms with Crippen LogP contribution in [-0.2, 0) is 16.6 Å². The van der Waals surface area contributed by atoms with Crippen LogP contribution in [-0.4, -0.2) is 9.13 Å². The fourth-order valence-electron chi connectivity index (χ4n) is 1.74. The molecule has 2 aromatic carbocycles. The van der Waals surface area contributed by atoms with Gasteiger partial charge >= 0.3 is 0 Å². The van der Waals surface area contributed by atoms with Gasteiger partial charge in [0.25, 0.3) is 5.69 Å². The smallest absolute Gasteiger partial charge is 0.283 e. The Morgan fingerprint density at radius 2 is 2.05 bits per heavy atom. The summed E-state index contributed by atoms with van der Waals surface area (Å²) in [5, 5.41) is 10.8. The summed E-state index contributed by atoms with van der Waals surface area (Å²) in [6.07, 6.45) is 0. The van der Waals surface area contributed by atoms with E-state index < -0.39 is 21.5 Å². The van der Waals surface area contributed by atoms with Gasteiger partial charge in [0.1, 0.15) is 5.82 Å². The second kappa shape index (κ2) is 6.31. The highest BCUT2D eigenvalue weighted by Crippen LogP contribution is 2.30. The van der Waals surface area contributed by atoms with Crippen molar-refractivity contribution < 1.29 is 13.5 Å². The van der Waals surface area contributed by atoms with Crippen LogP contribution in [0.15, 0.2) is 45.8 Å². The van der Waals surface area contributed by atoms with E-state index in [0.29, 0.717) is 5.56 Å². The number of halogens is 2. The van der Waals surface area contributed by atoms with Crippen molar-refractivity contribution in [2.24, 2.45) is 0 Å². The highest BCUT2D eigenvalue weighted by atomic mass is 79.9. The molecule has 2 rings (SSSR count). The second-order valence-electron chi connectivity index (χ2n) is 4.19. The fraction of sp³-hybridized carbons (Fsp3) is 0.0769. The van der Waals surface area contributed by atoms with Crippen LogP contribution in [0.1, 0.15) is 5.56 Å². The van der Waals surface area contributed by atoms with Crippen molar-refractivity contribution in [2.75, 3.05) is 5.73 Å². The number of benzene rings is 2. The Bertz CT molecular complexity index is 739. The molecule has 2 aromatic rings. The van der Waals surface area contributed by atoms with Crippen LogP contribution in [0.25, 0.3) is 0 Å². The fourth-order valence-corrected chi connectivity index (χ4v) is 3.65. The van der Waals surface area contributed by atoms with Crippen molar-refractivity contribution in [3.63, 3.8) is 0 Å². The third-order valence-corrected chi connectivity index (χ3v) is 5.05. The summed E-state index contributed by atoms with van der Waals surface area (Å²) in [5.74, 6) is -0.696. The maximum atomic E-state index is 13.7. The van der Waals surface area contributed by atoms with Crippen LogP contribution in [0, 0.1) is 15.9 Å². The molecule has 1 atom stereocenters. The van der Waals surface area contributed by atoms with Crippen molar-refractivity contribution in [2.45, 2.75) is 10.6 Å². The summed E-state index contributed by atoms with van der Waals surface area (Å²) < 4.78 is 26.2. The van der Waals surface area contributed by atoms with Crippen LogP contribution >= 0.6 is 15.9 Å². The highest BCUT2D eigenvalue weighted by Gasteiger charge is 2.18. The molecular formula is C13H10BrFN2O3S. The number of nitrogen functional groups attached to an aromatic ring is 1. The van der Waals surface area contributed by atoms with Gasteiger partial charge < -0.3 is 5.73 Å². The van der Waals surface area contributed by atoms with Crippen molar-refractivity contribution in [1.29, 1.82) is 0 Å². The van der Waals surface area contributed by atoms with Gasteiger partial charge in [0.15, 0.2) is 0 Å². The molecule has 0 aliphatic heterocycles. The minimum atomic E-state index is -1.67. The number of hydrogen-bond acceptors (Lipinski definition) is 4. The third-order valence-electron chi connectivity index (χ3n) is 2.74. The summed E-state index contributed by atoms with van der Waals surface area (Å²) in [5.41, 5.74) is 6.02. The molecule has 0 amide bonds. The molecule has 0 heterocycles. The number of hydrogen-bond donors (Lipinski definition) is 1. The van der Waals surface area contributed by atoms with Crippen LogP contribution in [0.2, 0.25) is 0 Å². The van der Waals surface area contributed by atoms with Crippen LogP contribution < -0.4 is 5.73 Å². The lowest BCUT2D eigenvalue weighted by molar-refractivity contribution is -0.385. The van der Waals surface area contributed by atoms with Crippen molar-refractivity contribution >= 4 is 38.1 Å². The molecule has 0 aromatic heterocycles. The molecule has 2 N–H and O–H groups in total. The number of rotatable bonds is 4. The number of nitrogens with zero attached hydrogens (tertiary/aromatic N) is 1. The van der Waals surface area contributed by atoms with Gasteiger partial charge in [-0.15, -0.1) is 0 Å². The van der Waals surface area contributed by atoms with E-state index in [1.54, 1.807) is 6.07 Å². The second-order valence-corrected chi connectivity index (χ2v) is 6.40. The van der Waals surface area contributed by atoms with E-state index in [1.807, 2.05) is 0 Å². The van der Waals surface area contributed by atoms with E-state index in [4.69, 9.17) is 5.73 Å². The quantitative estimate of drug-likeness (QED) is 0.506. The van der Waals surface area contributed by atoms with Crippen molar-refractivity contribution in [3.05, 3.63) is 62.4 Å². The lowest BCUT2D eigenvalue weighted by Crippen LogP contribution is -2.02. The zero-order valence-corrected chi connectivity index (χ0v) is 13.0. The summed E-state index contributed by atoms with van der Waals surface area (Å²) in [6, 6.07) is 8.33. The van der Waals surface area contributed by atoms with Gasteiger partial charge in [0, 0.05) is 11.8 Å². The molecule has 21 heavy (non-hydrogen) atoms. The van der Waals surface area contributed by atoms with Crippen LogP contribution in [0.5, 0.6) is 0 Å². The van der Waals surface area contributed by atoms with E-state index in [-0.39, 0.29) is 26.5 Å². The van der Waals surface area contributed by atoms with Gasteiger partial charge in [0.05, 0.1) is 30.8 Å². The average Bonchev–Trinajstić information content (AvgIpc) is 2.40. The minimum Gasteiger partial charge on any atom is -0.399 e. The number of nitro benzene ring substituents is 1. The van der Waals surface area contributed by atoms with Crippen molar-refractivity contribution in [1.82, 2.24) is 0 Å². The maximum Gasteiger partial charge on any atom is 0.283 e. The first kappa shape index (κ1) is 15.6.